The molecule has 28 heavy (non-hydrogen) atoms. The molecular weight excluding hydrogens is 402 g/mol. The maximum Gasteiger partial charge on any atom is 0.255 e. The van der Waals surface area contributed by atoms with E-state index in [1.54, 1.807) is 37.3 Å². The maximum atomic E-state index is 12.6. The summed E-state index contributed by atoms with van der Waals surface area (Å²) in [5.74, 6) is 0.292. The summed E-state index contributed by atoms with van der Waals surface area (Å²) in [5, 5.41) is 2.78. The number of carbonyl (C=O) groups excluding carboxylic acids is 1. The minimum Gasteiger partial charge on any atom is -0.492 e. The van der Waals surface area contributed by atoms with Crippen molar-refractivity contribution < 1.29 is 17.9 Å². The Morgan fingerprint density at radius 2 is 1.86 bits per heavy atom. The van der Waals surface area contributed by atoms with Crippen molar-refractivity contribution in [2.45, 2.75) is 30.7 Å². The summed E-state index contributed by atoms with van der Waals surface area (Å²) in [6, 6.07) is 11.5. The zero-order chi connectivity index (χ0) is 19.4. The predicted molar refractivity (Wildman–Crippen MR) is 111 cm³/mol. The summed E-state index contributed by atoms with van der Waals surface area (Å²) in [6.07, 6.45) is 1.70. The topological polar surface area (TPSA) is 111 Å². The summed E-state index contributed by atoms with van der Waals surface area (Å²) in [5.41, 5.74) is 6.99. The van der Waals surface area contributed by atoms with E-state index in [0.29, 0.717) is 35.7 Å². The molecular formula is C19H24ClN3O4S. The Labute approximate surface area is 171 Å². The molecule has 1 amide bonds. The van der Waals surface area contributed by atoms with Gasteiger partial charge in [0, 0.05) is 23.8 Å². The molecule has 7 nitrogen and oxygen atoms in total. The van der Waals surface area contributed by atoms with Crippen LogP contribution in [-0.4, -0.2) is 33.5 Å². The van der Waals surface area contributed by atoms with Gasteiger partial charge in [-0.3, -0.25) is 4.79 Å². The molecule has 1 saturated carbocycles. The molecule has 0 spiro atoms. The van der Waals surface area contributed by atoms with E-state index in [0.717, 1.165) is 12.8 Å². The van der Waals surface area contributed by atoms with Crippen LogP contribution in [0.15, 0.2) is 47.4 Å². The van der Waals surface area contributed by atoms with Gasteiger partial charge in [0.1, 0.15) is 12.4 Å². The van der Waals surface area contributed by atoms with Crippen LogP contribution in [-0.2, 0) is 10.0 Å². The molecule has 1 aliphatic rings. The van der Waals surface area contributed by atoms with Gasteiger partial charge in [-0.25, -0.2) is 13.1 Å². The molecule has 2 aromatic carbocycles. The Kier molecular flexibility index (Phi) is 7.42. The minimum atomic E-state index is -3.61. The molecule has 0 saturated heterocycles. The first kappa shape index (κ1) is 22.2. The van der Waals surface area contributed by atoms with Crippen LogP contribution >= 0.6 is 12.4 Å². The third-order valence-electron chi connectivity index (χ3n) is 4.16. The number of rotatable bonds is 8. The fourth-order valence-corrected chi connectivity index (χ4v) is 3.84. The number of sulfonamides is 1. The number of anilines is 1. The molecule has 0 aromatic heterocycles. The lowest BCUT2D eigenvalue weighted by Crippen LogP contribution is -2.26. The van der Waals surface area contributed by atoms with Crippen LogP contribution in [0.5, 0.6) is 5.75 Å². The predicted octanol–water partition coefficient (Wildman–Crippen LogP) is 2.45. The van der Waals surface area contributed by atoms with Crippen LogP contribution in [0.2, 0.25) is 0 Å². The molecule has 0 bridgehead atoms. The number of carbonyl (C=O) groups is 1. The molecule has 0 radical (unpaired) electrons. The van der Waals surface area contributed by atoms with Gasteiger partial charge in [-0.15, -0.1) is 12.4 Å². The monoisotopic (exact) mass is 425 g/mol. The molecule has 9 heteroatoms. The lowest BCUT2D eigenvalue weighted by molar-refractivity contribution is 0.102. The number of hydrogen-bond acceptors (Lipinski definition) is 5. The van der Waals surface area contributed by atoms with Gasteiger partial charge >= 0.3 is 0 Å². The quantitative estimate of drug-likeness (QED) is 0.601. The summed E-state index contributed by atoms with van der Waals surface area (Å²) in [6.45, 7) is 2.61. The molecule has 4 N–H and O–H groups in total. The van der Waals surface area contributed by atoms with Crippen molar-refractivity contribution in [1.82, 2.24) is 4.72 Å². The molecule has 0 aliphatic heterocycles. The third kappa shape index (κ3) is 5.68. The summed E-state index contributed by atoms with van der Waals surface area (Å²) in [4.78, 5) is 12.7. The molecule has 1 aliphatic carbocycles. The van der Waals surface area contributed by atoms with Gasteiger partial charge < -0.3 is 15.8 Å². The first-order chi connectivity index (χ1) is 12.9. The number of amides is 1. The molecule has 1 fully saturated rings. The lowest BCUT2D eigenvalue weighted by Gasteiger charge is -2.11. The van der Waals surface area contributed by atoms with Crippen LogP contribution in [0.1, 0.15) is 28.8 Å². The van der Waals surface area contributed by atoms with Crippen LogP contribution < -0.4 is 20.5 Å². The average molecular weight is 426 g/mol. The molecule has 0 atom stereocenters. The van der Waals surface area contributed by atoms with E-state index in [2.05, 4.69) is 10.0 Å². The largest absolute Gasteiger partial charge is 0.492 e. The Morgan fingerprint density at radius 3 is 2.46 bits per heavy atom. The molecule has 2 aromatic rings. The molecule has 152 valence electrons. The highest BCUT2D eigenvalue weighted by Crippen LogP contribution is 2.24. The van der Waals surface area contributed by atoms with Gasteiger partial charge in [-0.05, 0) is 61.7 Å². The fraction of sp³-hybridized carbons (Fsp3) is 0.316. The summed E-state index contributed by atoms with van der Waals surface area (Å²) in [7, 11) is -3.61. The van der Waals surface area contributed by atoms with Crippen LogP contribution in [0, 0.1) is 6.92 Å². The van der Waals surface area contributed by atoms with Gasteiger partial charge in [-0.2, -0.15) is 0 Å². The number of hydrogen-bond donors (Lipinski definition) is 3. The summed E-state index contributed by atoms with van der Waals surface area (Å²) < 4.78 is 32.8. The Bertz CT molecular complexity index is 929. The van der Waals surface area contributed by atoms with E-state index >= 15 is 0 Å². The Balaban J connectivity index is 0.00000280. The Hall–Kier alpha value is -2.13. The first-order valence-corrected chi connectivity index (χ1v) is 10.2. The maximum absolute atomic E-state index is 12.6. The van der Waals surface area contributed by atoms with E-state index < -0.39 is 10.0 Å². The second kappa shape index (κ2) is 9.38. The van der Waals surface area contributed by atoms with E-state index in [4.69, 9.17) is 10.5 Å². The van der Waals surface area contributed by atoms with Crippen molar-refractivity contribution in [2.75, 3.05) is 18.5 Å². The number of ether oxygens (including phenoxy) is 1. The minimum absolute atomic E-state index is 0. The van der Waals surface area contributed by atoms with E-state index in [1.165, 1.54) is 12.1 Å². The second-order valence-electron chi connectivity index (χ2n) is 6.49. The SMILES string of the molecule is Cc1ccc(S(=O)(=O)NC2CC2)cc1C(=O)Nc1ccc(OCCN)cc1.Cl. The van der Waals surface area contributed by atoms with Crippen molar-refractivity contribution in [3.8, 4) is 5.75 Å². The highest BCUT2D eigenvalue weighted by molar-refractivity contribution is 7.89. The van der Waals surface area contributed by atoms with E-state index in [9.17, 15) is 13.2 Å². The number of benzene rings is 2. The highest BCUT2D eigenvalue weighted by atomic mass is 35.5. The Morgan fingerprint density at radius 1 is 1.18 bits per heavy atom. The molecule has 0 unspecified atom stereocenters. The normalized spacial score (nSPS) is 13.5. The van der Waals surface area contributed by atoms with Gasteiger partial charge in [0.15, 0.2) is 0 Å². The molecule has 3 rings (SSSR count). The number of halogens is 1. The van der Waals surface area contributed by atoms with Crippen LogP contribution in [0.25, 0.3) is 0 Å². The van der Waals surface area contributed by atoms with Crippen molar-refractivity contribution in [1.29, 1.82) is 0 Å². The van der Waals surface area contributed by atoms with Gasteiger partial charge in [0.2, 0.25) is 10.0 Å². The molecule has 0 heterocycles. The van der Waals surface area contributed by atoms with Gasteiger partial charge in [0.05, 0.1) is 4.90 Å². The summed E-state index contributed by atoms with van der Waals surface area (Å²) >= 11 is 0. The second-order valence-corrected chi connectivity index (χ2v) is 8.20. The number of nitrogens with one attached hydrogen (secondary N) is 2. The standard InChI is InChI=1S/C19H23N3O4S.ClH/c1-13-2-9-17(27(24,25)22-15-3-4-15)12-18(13)19(23)21-14-5-7-16(8-6-14)26-11-10-20;/h2,5-9,12,15,22H,3-4,10-11,20H2,1H3,(H,21,23);1H. The smallest absolute Gasteiger partial charge is 0.255 e. The van der Waals surface area contributed by atoms with Gasteiger partial charge in [0.25, 0.3) is 5.91 Å². The van der Waals surface area contributed by atoms with Crippen LogP contribution in [0.3, 0.4) is 0 Å². The fourth-order valence-electron chi connectivity index (χ4n) is 2.51. The zero-order valence-corrected chi connectivity index (χ0v) is 17.1. The van der Waals surface area contributed by atoms with Gasteiger partial charge in [-0.1, -0.05) is 6.07 Å². The zero-order valence-electron chi connectivity index (χ0n) is 15.5. The van der Waals surface area contributed by atoms with Crippen molar-refractivity contribution in [2.24, 2.45) is 5.73 Å². The van der Waals surface area contributed by atoms with Crippen molar-refractivity contribution >= 4 is 34.0 Å². The van der Waals surface area contributed by atoms with Crippen molar-refractivity contribution in [3.05, 3.63) is 53.6 Å². The van der Waals surface area contributed by atoms with Crippen LogP contribution in [0.4, 0.5) is 5.69 Å². The number of nitrogens with two attached hydrogens (primary N) is 1. The van der Waals surface area contributed by atoms with E-state index in [1.807, 2.05) is 0 Å². The number of aryl methyl sites for hydroxylation is 1. The van der Waals surface area contributed by atoms with Crippen molar-refractivity contribution in [3.63, 3.8) is 0 Å². The highest BCUT2D eigenvalue weighted by Gasteiger charge is 2.28. The first-order valence-electron chi connectivity index (χ1n) is 8.76. The van der Waals surface area contributed by atoms with E-state index in [-0.39, 0.29) is 29.3 Å². The average Bonchev–Trinajstić information content (AvgIpc) is 3.44. The lowest BCUT2D eigenvalue weighted by atomic mass is 10.1. The third-order valence-corrected chi connectivity index (χ3v) is 5.68.